The molecule has 0 radical (unpaired) electrons. The minimum Gasteiger partial charge on any atom is -0.327 e. The van der Waals surface area contributed by atoms with Crippen LogP contribution in [0.2, 0.25) is 0 Å². The molecule has 0 aromatic rings. The molecule has 2 atom stereocenters. The van der Waals surface area contributed by atoms with Crippen molar-refractivity contribution in [1.29, 1.82) is 0 Å². The van der Waals surface area contributed by atoms with E-state index in [1.807, 2.05) is 0 Å². The van der Waals surface area contributed by atoms with Gasteiger partial charge in [0.25, 0.3) is 0 Å². The second-order valence-electron chi connectivity index (χ2n) is 3.60. The van der Waals surface area contributed by atoms with E-state index in [0.29, 0.717) is 6.04 Å². The van der Waals surface area contributed by atoms with E-state index in [1.54, 1.807) is 0 Å². The first-order valence-corrected chi connectivity index (χ1v) is 4.13. The third kappa shape index (κ3) is 1.17. The molecule has 0 saturated heterocycles. The van der Waals surface area contributed by atoms with Crippen molar-refractivity contribution < 1.29 is 0 Å². The van der Waals surface area contributed by atoms with Gasteiger partial charge in [-0.2, -0.15) is 0 Å². The van der Waals surface area contributed by atoms with E-state index in [9.17, 15) is 0 Å². The van der Waals surface area contributed by atoms with Crippen molar-refractivity contribution in [3.05, 3.63) is 0 Å². The van der Waals surface area contributed by atoms with Gasteiger partial charge in [-0.3, -0.25) is 0 Å². The Kier molecular flexibility index (Phi) is 2.59. The molecule has 2 N–H and O–H groups in total. The quantitative estimate of drug-likeness (QED) is 0.625. The first-order valence-electron chi connectivity index (χ1n) is 4.13. The summed E-state index contributed by atoms with van der Waals surface area (Å²) in [6.07, 6.45) is 7.12. The van der Waals surface area contributed by atoms with Gasteiger partial charge in [0.2, 0.25) is 0 Å². The zero-order valence-corrected chi connectivity index (χ0v) is 7.07. The Morgan fingerprint density at radius 2 is 1.70 bits per heavy atom. The van der Waals surface area contributed by atoms with Crippen LogP contribution in [0.15, 0.2) is 0 Å². The number of hydrogen-bond acceptors (Lipinski definition) is 1. The fraction of sp³-hybridized carbons (Fsp3) is 1.00. The monoisotopic (exact) mass is 161 g/mol. The smallest absolute Gasteiger partial charge is 0.00699 e. The van der Waals surface area contributed by atoms with Gasteiger partial charge in [0.05, 0.1) is 0 Å². The molecular formula is C8H16ClN. The van der Waals surface area contributed by atoms with Gasteiger partial charge in [-0.1, -0.05) is 19.3 Å². The molecule has 2 aliphatic carbocycles. The van der Waals surface area contributed by atoms with Crippen LogP contribution in [-0.4, -0.2) is 6.04 Å². The molecule has 1 nitrogen and oxygen atoms in total. The summed E-state index contributed by atoms with van der Waals surface area (Å²) in [5.41, 5.74) is 5.83. The molecule has 0 spiro atoms. The van der Waals surface area contributed by atoms with E-state index in [2.05, 4.69) is 0 Å². The van der Waals surface area contributed by atoms with Gasteiger partial charge in [0, 0.05) is 6.04 Å². The van der Waals surface area contributed by atoms with Crippen molar-refractivity contribution >= 4 is 12.4 Å². The minimum atomic E-state index is 0. The van der Waals surface area contributed by atoms with E-state index < -0.39 is 0 Å². The predicted octanol–water partition coefficient (Wildman–Crippen LogP) is 1.95. The predicted molar refractivity (Wildman–Crippen MR) is 45.3 cm³/mol. The fourth-order valence-corrected chi connectivity index (χ4v) is 2.00. The van der Waals surface area contributed by atoms with E-state index in [-0.39, 0.29) is 12.4 Å². The van der Waals surface area contributed by atoms with E-state index >= 15 is 0 Å². The average Bonchev–Trinajstić information content (AvgIpc) is 1.74. The van der Waals surface area contributed by atoms with Crippen LogP contribution in [-0.2, 0) is 0 Å². The average molecular weight is 162 g/mol. The lowest BCUT2D eigenvalue weighted by molar-refractivity contribution is 0.103. The van der Waals surface area contributed by atoms with Crippen molar-refractivity contribution in [2.45, 2.75) is 38.1 Å². The highest BCUT2D eigenvalue weighted by Crippen LogP contribution is 2.42. The lowest BCUT2D eigenvalue weighted by atomic mass is 9.64. The van der Waals surface area contributed by atoms with Gasteiger partial charge >= 0.3 is 0 Å². The summed E-state index contributed by atoms with van der Waals surface area (Å²) >= 11 is 0. The lowest BCUT2D eigenvalue weighted by Gasteiger charge is -2.43. The zero-order valence-electron chi connectivity index (χ0n) is 6.25. The summed E-state index contributed by atoms with van der Waals surface area (Å²) < 4.78 is 0. The largest absolute Gasteiger partial charge is 0.327 e. The molecule has 60 valence electrons. The summed E-state index contributed by atoms with van der Waals surface area (Å²) in [6, 6.07) is 0.579. The Hall–Kier alpha value is 0.250. The second-order valence-corrected chi connectivity index (χ2v) is 3.60. The SMILES string of the molecule is Cl.N[C@@H]1CC[C@H]1C1CCC1. The highest BCUT2D eigenvalue weighted by atomic mass is 35.5. The molecule has 0 aliphatic heterocycles. The first kappa shape index (κ1) is 8.35. The maximum atomic E-state index is 5.83. The zero-order chi connectivity index (χ0) is 6.27. The number of nitrogens with two attached hydrogens (primary N) is 1. The van der Waals surface area contributed by atoms with Crippen LogP contribution >= 0.6 is 12.4 Å². The van der Waals surface area contributed by atoms with Crippen molar-refractivity contribution in [1.82, 2.24) is 0 Å². The van der Waals surface area contributed by atoms with Crippen LogP contribution in [0.4, 0.5) is 0 Å². The van der Waals surface area contributed by atoms with Crippen molar-refractivity contribution in [2.75, 3.05) is 0 Å². The minimum absolute atomic E-state index is 0. The Morgan fingerprint density at radius 3 is 1.80 bits per heavy atom. The molecule has 2 aliphatic rings. The van der Waals surface area contributed by atoms with Crippen molar-refractivity contribution in [2.24, 2.45) is 17.6 Å². The van der Waals surface area contributed by atoms with Gasteiger partial charge in [-0.05, 0) is 24.7 Å². The Balaban J connectivity index is 0.000000500. The Morgan fingerprint density at radius 1 is 1.00 bits per heavy atom. The van der Waals surface area contributed by atoms with E-state index in [4.69, 9.17) is 5.73 Å². The third-order valence-electron chi connectivity index (χ3n) is 3.14. The van der Waals surface area contributed by atoms with Crippen LogP contribution in [0, 0.1) is 11.8 Å². The third-order valence-corrected chi connectivity index (χ3v) is 3.14. The summed E-state index contributed by atoms with van der Waals surface area (Å²) in [4.78, 5) is 0. The summed E-state index contributed by atoms with van der Waals surface area (Å²) in [6.45, 7) is 0. The van der Waals surface area contributed by atoms with Gasteiger partial charge in [0.1, 0.15) is 0 Å². The molecule has 0 bridgehead atoms. The molecule has 2 heteroatoms. The molecule has 0 unspecified atom stereocenters. The highest BCUT2D eigenvalue weighted by molar-refractivity contribution is 5.85. The van der Waals surface area contributed by atoms with Crippen LogP contribution in [0.25, 0.3) is 0 Å². The lowest BCUT2D eigenvalue weighted by Crippen LogP contribution is -2.45. The normalized spacial score (nSPS) is 39.3. The molecule has 2 fully saturated rings. The first-order chi connectivity index (χ1) is 4.38. The van der Waals surface area contributed by atoms with Crippen LogP contribution in [0.5, 0.6) is 0 Å². The summed E-state index contributed by atoms with van der Waals surface area (Å²) in [5, 5.41) is 0. The number of halogens is 1. The fourth-order valence-electron chi connectivity index (χ4n) is 2.00. The van der Waals surface area contributed by atoms with Crippen LogP contribution < -0.4 is 5.73 Å². The van der Waals surface area contributed by atoms with Crippen LogP contribution in [0.1, 0.15) is 32.1 Å². The van der Waals surface area contributed by atoms with Gasteiger partial charge in [0.15, 0.2) is 0 Å². The molecule has 0 amide bonds. The number of rotatable bonds is 1. The molecular weight excluding hydrogens is 146 g/mol. The van der Waals surface area contributed by atoms with Crippen molar-refractivity contribution in [3.8, 4) is 0 Å². The Labute approximate surface area is 68.8 Å². The van der Waals surface area contributed by atoms with Crippen LogP contribution in [0.3, 0.4) is 0 Å². The molecule has 10 heavy (non-hydrogen) atoms. The van der Waals surface area contributed by atoms with Gasteiger partial charge in [-0.25, -0.2) is 0 Å². The van der Waals surface area contributed by atoms with Crippen molar-refractivity contribution in [3.63, 3.8) is 0 Å². The molecule has 0 aromatic heterocycles. The molecule has 2 rings (SSSR count). The maximum absolute atomic E-state index is 5.83. The topological polar surface area (TPSA) is 26.0 Å². The standard InChI is InChI=1S/C8H15N.ClH/c9-8-5-4-7(8)6-2-1-3-6;/h6-8H,1-5,9H2;1H/t7-,8+;/m0./s1. The molecule has 2 saturated carbocycles. The summed E-state index contributed by atoms with van der Waals surface area (Å²) in [7, 11) is 0. The highest BCUT2D eigenvalue weighted by Gasteiger charge is 2.36. The van der Waals surface area contributed by atoms with Gasteiger partial charge in [-0.15, -0.1) is 12.4 Å². The van der Waals surface area contributed by atoms with E-state index in [0.717, 1.165) is 11.8 Å². The second kappa shape index (κ2) is 3.10. The number of hydrogen-bond donors (Lipinski definition) is 1. The maximum Gasteiger partial charge on any atom is 0.00699 e. The Bertz CT molecular complexity index is 112. The van der Waals surface area contributed by atoms with E-state index in [1.165, 1.54) is 32.1 Å². The summed E-state index contributed by atoms with van der Waals surface area (Å²) in [5.74, 6) is 1.97. The molecule has 0 heterocycles. The van der Waals surface area contributed by atoms with Gasteiger partial charge < -0.3 is 5.73 Å². The molecule has 0 aromatic carbocycles.